The number of carboxylic acids is 1. The van der Waals surface area contributed by atoms with E-state index >= 15 is 0 Å². The van der Waals surface area contributed by atoms with Gasteiger partial charge in [-0.2, -0.15) is 0 Å². The summed E-state index contributed by atoms with van der Waals surface area (Å²) in [4.78, 5) is 10.7. The first-order valence-electron chi connectivity index (χ1n) is 4.64. The molecule has 7 heteroatoms. The van der Waals surface area contributed by atoms with Crippen molar-refractivity contribution in [2.75, 3.05) is 7.11 Å². The highest BCUT2D eigenvalue weighted by atomic mass is 31.1. The zero-order chi connectivity index (χ0) is 13.0. The normalized spacial score (nSPS) is 23.9. The summed E-state index contributed by atoms with van der Waals surface area (Å²) >= 11 is 0. The molecule has 0 heterocycles. The molecule has 0 saturated carbocycles. The number of hydrogen-bond acceptors (Lipinski definition) is 5. The molecule has 1 aliphatic rings. The minimum atomic E-state index is -2.19. The van der Waals surface area contributed by atoms with Crippen molar-refractivity contribution in [1.82, 2.24) is 0 Å². The van der Waals surface area contributed by atoms with Gasteiger partial charge in [0.25, 0.3) is 0 Å². The Morgan fingerprint density at radius 3 is 2.76 bits per heavy atom. The third-order valence-corrected chi connectivity index (χ3v) is 2.89. The molecule has 0 bridgehead atoms. The highest BCUT2D eigenvalue weighted by Crippen LogP contribution is 2.33. The van der Waals surface area contributed by atoms with E-state index in [1.54, 1.807) is 0 Å². The summed E-state index contributed by atoms with van der Waals surface area (Å²) in [6, 6.07) is 0. The zero-order valence-electron chi connectivity index (χ0n) is 9.07. The molecule has 1 aliphatic carbocycles. The first-order chi connectivity index (χ1) is 7.95. The quantitative estimate of drug-likeness (QED) is 0.568. The second-order valence-electron chi connectivity index (χ2n) is 3.19. The number of carboxylic acid groups (broad SMARTS) is 1. The van der Waals surface area contributed by atoms with Crippen LogP contribution < -0.4 is 0 Å². The predicted molar refractivity (Wildman–Crippen MR) is 59.5 cm³/mol. The molecule has 0 aromatic carbocycles. The van der Waals surface area contributed by atoms with E-state index in [9.17, 15) is 14.5 Å². The smallest absolute Gasteiger partial charge is 0.478 e. The zero-order valence-corrected chi connectivity index (χ0v) is 9.96. The van der Waals surface area contributed by atoms with E-state index in [2.05, 4.69) is 11.1 Å². The summed E-state index contributed by atoms with van der Waals surface area (Å²) in [6.07, 6.45) is 1.81. The summed E-state index contributed by atoms with van der Waals surface area (Å²) < 4.78 is 20.8. The van der Waals surface area contributed by atoms with Crippen LogP contribution in [0.25, 0.3) is 0 Å². The van der Waals surface area contributed by atoms with Gasteiger partial charge in [0.1, 0.15) is 6.10 Å². The molecule has 1 rings (SSSR count). The molecule has 0 radical (unpaired) electrons. The van der Waals surface area contributed by atoms with Gasteiger partial charge in [0.15, 0.2) is 6.10 Å². The van der Waals surface area contributed by atoms with Crippen molar-refractivity contribution >= 4 is 14.0 Å². The van der Waals surface area contributed by atoms with Crippen LogP contribution in [0.3, 0.4) is 0 Å². The minimum Gasteiger partial charge on any atom is -0.478 e. The van der Waals surface area contributed by atoms with Crippen LogP contribution >= 0.6 is 8.03 Å². The molecule has 17 heavy (non-hydrogen) atoms. The van der Waals surface area contributed by atoms with Gasteiger partial charge in [0.05, 0.1) is 12.7 Å². The number of carbonyl (C=O) groups is 1. The summed E-state index contributed by atoms with van der Waals surface area (Å²) in [5, 5.41) is 18.3. The van der Waals surface area contributed by atoms with Crippen molar-refractivity contribution in [2.45, 2.75) is 12.2 Å². The second kappa shape index (κ2) is 5.72. The molecular weight excluding hydrogens is 247 g/mol. The average molecular weight is 259 g/mol. The molecule has 3 atom stereocenters. The lowest BCUT2D eigenvalue weighted by Crippen LogP contribution is -2.28. The molecule has 0 spiro atoms. The van der Waals surface area contributed by atoms with Gasteiger partial charge < -0.3 is 14.9 Å². The fraction of sp³-hybridized carbons (Fsp3) is 0.300. The van der Waals surface area contributed by atoms with E-state index in [-0.39, 0.29) is 11.1 Å². The van der Waals surface area contributed by atoms with Crippen LogP contribution in [0.1, 0.15) is 0 Å². The van der Waals surface area contributed by atoms with Crippen molar-refractivity contribution in [3.63, 3.8) is 0 Å². The highest BCUT2D eigenvalue weighted by Gasteiger charge is 2.31. The van der Waals surface area contributed by atoms with Gasteiger partial charge in [0, 0.05) is 0 Å². The molecule has 0 aliphatic heterocycles. The van der Waals surface area contributed by atoms with Crippen molar-refractivity contribution in [2.24, 2.45) is 0 Å². The summed E-state index contributed by atoms with van der Waals surface area (Å²) in [5.41, 5.74) is -0.163. The van der Waals surface area contributed by atoms with E-state index in [1.807, 2.05) is 0 Å². The SMILES string of the molecule is C=C(O[C@@H]1C=C(C(=O)O)C=C[C@H]1O)[P+](=O)OC. The Labute approximate surface area is 98.7 Å². The maximum Gasteiger partial charge on any atom is 0.587 e. The van der Waals surface area contributed by atoms with Crippen LogP contribution in [-0.2, 0) is 18.6 Å². The average Bonchev–Trinajstić information content (AvgIpc) is 2.30. The molecular formula is C10H12O6P+. The van der Waals surface area contributed by atoms with Crippen molar-refractivity contribution < 1.29 is 28.8 Å². The van der Waals surface area contributed by atoms with E-state index in [4.69, 9.17) is 9.84 Å². The fourth-order valence-corrected chi connectivity index (χ4v) is 1.60. The summed E-state index contributed by atoms with van der Waals surface area (Å²) in [7, 11) is -0.966. The molecule has 1 unspecified atom stereocenters. The standard InChI is InChI=1S/C10H11O6P/c1-6(17(14)15-2)16-9-5-7(10(12)13)3-4-8(9)11/h3-5,8-9,11H,1H2,2H3/p+1/t8-,9-/m1/s1. The second-order valence-corrected chi connectivity index (χ2v) is 4.57. The van der Waals surface area contributed by atoms with E-state index in [1.165, 1.54) is 25.3 Å². The number of rotatable bonds is 5. The molecule has 92 valence electrons. The number of aliphatic hydroxyl groups is 1. The molecule has 0 saturated heterocycles. The van der Waals surface area contributed by atoms with Gasteiger partial charge >= 0.3 is 19.5 Å². The van der Waals surface area contributed by atoms with Crippen LogP contribution in [-0.4, -0.2) is 35.5 Å². The molecule has 0 fully saturated rings. The third kappa shape index (κ3) is 3.49. The van der Waals surface area contributed by atoms with Gasteiger partial charge in [-0.1, -0.05) is 6.08 Å². The lowest BCUT2D eigenvalue weighted by molar-refractivity contribution is -0.132. The Balaban J connectivity index is 2.76. The van der Waals surface area contributed by atoms with Crippen molar-refractivity contribution in [3.05, 3.63) is 35.9 Å². The van der Waals surface area contributed by atoms with Gasteiger partial charge in [-0.25, -0.2) is 4.79 Å². The van der Waals surface area contributed by atoms with Crippen LogP contribution in [0.5, 0.6) is 0 Å². The lowest BCUT2D eigenvalue weighted by atomic mass is 10.0. The van der Waals surface area contributed by atoms with Crippen LogP contribution in [0, 0.1) is 0 Å². The van der Waals surface area contributed by atoms with Crippen LogP contribution in [0.2, 0.25) is 0 Å². The van der Waals surface area contributed by atoms with Gasteiger partial charge in [-0.3, -0.25) is 0 Å². The van der Waals surface area contributed by atoms with Gasteiger partial charge in [-0.05, 0) is 23.3 Å². The fourth-order valence-electron chi connectivity index (χ4n) is 1.19. The van der Waals surface area contributed by atoms with Gasteiger partial charge in [-0.15, -0.1) is 4.52 Å². The van der Waals surface area contributed by atoms with Gasteiger partial charge in [0.2, 0.25) is 0 Å². The lowest BCUT2D eigenvalue weighted by Gasteiger charge is -2.19. The van der Waals surface area contributed by atoms with E-state index < -0.39 is 26.2 Å². The topological polar surface area (TPSA) is 93.1 Å². The molecule has 0 aromatic rings. The number of aliphatic carboxylic acids is 1. The first kappa shape index (κ1) is 13.6. The highest BCUT2D eigenvalue weighted by molar-refractivity contribution is 7.43. The predicted octanol–water partition coefficient (Wildman–Crippen LogP) is 1.17. The molecule has 0 amide bonds. The van der Waals surface area contributed by atoms with Crippen molar-refractivity contribution in [3.8, 4) is 0 Å². The number of aliphatic hydroxyl groups excluding tert-OH is 1. The largest absolute Gasteiger partial charge is 0.587 e. The minimum absolute atomic E-state index is 0.0132. The Morgan fingerprint density at radius 1 is 1.59 bits per heavy atom. The Bertz CT molecular complexity index is 411. The third-order valence-electron chi connectivity index (χ3n) is 2.04. The number of ether oxygens (including phenoxy) is 1. The summed E-state index contributed by atoms with van der Waals surface area (Å²) in [6.45, 7) is 3.38. The van der Waals surface area contributed by atoms with E-state index in [0.29, 0.717) is 0 Å². The van der Waals surface area contributed by atoms with Crippen molar-refractivity contribution in [1.29, 1.82) is 0 Å². The van der Waals surface area contributed by atoms with Crippen LogP contribution in [0.4, 0.5) is 0 Å². The first-order valence-corrected chi connectivity index (χ1v) is 5.81. The Kier molecular flexibility index (Phi) is 4.57. The molecule has 0 aromatic heterocycles. The maximum absolute atomic E-state index is 11.2. The van der Waals surface area contributed by atoms with Crippen LogP contribution in [0.15, 0.2) is 35.9 Å². The number of hydrogen-bond donors (Lipinski definition) is 2. The monoisotopic (exact) mass is 259 g/mol. The van der Waals surface area contributed by atoms with E-state index in [0.717, 1.165) is 0 Å². The maximum atomic E-state index is 11.2. The Hall–Kier alpha value is -1.49. The summed E-state index contributed by atoms with van der Waals surface area (Å²) in [5.74, 6) is -1.14. The molecule has 2 N–H and O–H groups in total. The Morgan fingerprint density at radius 2 is 2.24 bits per heavy atom. The molecule has 6 nitrogen and oxygen atoms in total.